The summed E-state index contributed by atoms with van der Waals surface area (Å²) in [7, 11) is 0. The first kappa shape index (κ1) is 20.9. The van der Waals surface area contributed by atoms with Crippen LogP contribution in [0.2, 0.25) is 0 Å². The fourth-order valence-corrected chi connectivity index (χ4v) is 5.05. The van der Waals surface area contributed by atoms with Crippen molar-refractivity contribution in [3.05, 3.63) is 59.3 Å². The molecular weight excluding hydrogens is 421 g/mol. The second-order valence-electron chi connectivity index (χ2n) is 9.15. The number of nitrogens with one attached hydrogen (secondary N) is 1. The lowest BCUT2D eigenvalue weighted by molar-refractivity contribution is -0.275. The number of pyridine rings is 1. The van der Waals surface area contributed by atoms with Gasteiger partial charge in [0.2, 0.25) is 6.79 Å². The van der Waals surface area contributed by atoms with E-state index in [-0.39, 0.29) is 6.79 Å². The SMILES string of the molecule is Cc1ccc2c(NC3c4ccc5c(c4C(C)(C)CC3(O)C(F)(F)F)OCO5)cccc2n1. The number of aromatic nitrogens is 1. The Hall–Kier alpha value is -3.00. The number of nitrogens with zero attached hydrogens (tertiary/aromatic N) is 1. The van der Waals surface area contributed by atoms with Crippen LogP contribution in [0.25, 0.3) is 10.9 Å². The van der Waals surface area contributed by atoms with Crippen molar-refractivity contribution in [2.45, 2.75) is 50.4 Å². The molecule has 5 nitrogen and oxygen atoms in total. The zero-order chi connectivity index (χ0) is 22.9. The van der Waals surface area contributed by atoms with Crippen LogP contribution >= 0.6 is 0 Å². The van der Waals surface area contributed by atoms with Gasteiger partial charge in [-0.15, -0.1) is 0 Å². The van der Waals surface area contributed by atoms with Gasteiger partial charge in [-0.3, -0.25) is 4.98 Å². The lowest BCUT2D eigenvalue weighted by Gasteiger charge is -2.49. The monoisotopic (exact) mass is 444 g/mol. The predicted octanol–water partition coefficient (Wildman–Crippen LogP) is 5.40. The molecule has 3 aromatic rings. The Balaban J connectivity index is 1.72. The quantitative estimate of drug-likeness (QED) is 0.554. The summed E-state index contributed by atoms with van der Waals surface area (Å²) in [5.41, 5.74) is -1.13. The van der Waals surface area contributed by atoms with Crippen molar-refractivity contribution >= 4 is 16.6 Å². The van der Waals surface area contributed by atoms with E-state index in [4.69, 9.17) is 9.47 Å². The summed E-state index contributed by atoms with van der Waals surface area (Å²) in [6.07, 6.45) is -5.40. The number of anilines is 1. The van der Waals surface area contributed by atoms with E-state index in [1.54, 1.807) is 50.2 Å². The Labute approximate surface area is 183 Å². The molecule has 2 unspecified atom stereocenters. The van der Waals surface area contributed by atoms with E-state index >= 15 is 0 Å². The number of rotatable bonds is 2. The number of benzene rings is 2. The zero-order valence-electron chi connectivity index (χ0n) is 17.9. The number of hydrogen-bond donors (Lipinski definition) is 2. The molecular formula is C24H23F3N2O3. The van der Waals surface area contributed by atoms with Gasteiger partial charge >= 0.3 is 6.18 Å². The number of aryl methyl sites for hydroxylation is 1. The maximum atomic E-state index is 14.4. The fourth-order valence-electron chi connectivity index (χ4n) is 5.05. The van der Waals surface area contributed by atoms with Crippen LogP contribution in [0.15, 0.2) is 42.5 Å². The maximum Gasteiger partial charge on any atom is 0.419 e. The molecule has 32 heavy (non-hydrogen) atoms. The topological polar surface area (TPSA) is 63.6 Å². The summed E-state index contributed by atoms with van der Waals surface area (Å²) in [6, 6.07) is 10.6. The van der Waals surface area contributed by atoms with Gasteiger partial charge in [0, 0.05) is 22.3 Å². The standard InChI is InChI=1S/C24H23F3N2O3/c1-13-7-8-14-16(28-13)5-4-6-17(14)29-21-15-9-10-18-20(32-12-31-18)19(15)22(2,3)11-23(21,30)24(25,26)27/h4-10,21,29-30H,11-12H2,1-3H3. The molecule has 2 aliphatic rings. The van der Waals surface area contributed by atoms with E-state index in [0.717, 1.165) is 5.69 Å². The van der Waals surface area contributed by atoms with E-state index in [9.17, 15) is 18.3 Å². The van der Waals surface area contributed by atoms with Gasteiger partial charge in [-0.2, -0.15) is 13.2 Å². The molecule has 2 heterocycles. The molecule has 8 heteroatoms. The third-order valence-electron chi connectivity index (χ3n) is 6.41. The Bertz CT molecular complexity index is 1230. The Morgan fingerprint density at radius 1 is 1.09 bits per heavy atom. The van der Waals surface area contributed by atoms with Crippen molar-refractivity contribution in [1.82, 2.24) is 4.98 Å². The van der Waals surface area contributed by atoms with Crippen molar-refractivity contribution < 1.29 is 27.8 Å². The van der Waals surface area contributed by atoms with Crippen molar-refractivity contribution in [2.75, 3.05) is 12.1 Å². The number of halogens is 3. The molecule has 0 radical (unpaired) electrons. The van der Waals surface area contributed by atoms with Crippen LogP contribution in [0, 0.1) is 6.92 Å². The molecule has 0 saturated heterocycles. The molecule has 0 spiro atoms. The van der Waals surface area contributed by atoms with Crippen molar-refractivity contribution in [3.63, 3.8) is 0 Å². The Morgan fingerprint density at radius 3 is 2.62 bits per heavy atom. The minimum absolute atomic E-state index is 0.0117. The minimum atomic E-state index is -4.87. The van der Waals surface area contributed by atoms with Crippen LogP contribution in [0.5, 0.6) is 11.5 Å². The molecule has 0 bridgehead atoms. The highest BCUT2D eigenvalue weighted by Crippen LogP contribution is 2.58. The van der Waals surface area contributed by atoms with Crippen LogP contribution in [0.1, 0.15) is 43.1 Å². The number of ether oxygens (including phenoxy) is 2. The van der Waals surface area contributed by atoms with E-state index < -0.39 is 29.7 Å². The second-order valence-corrected chi connectivity index (χ2v) is 9.15. The molecule has 1 aromatic heterocycles. The molecule has 1 aliphatic heterocycles. The van der Waals surface area contributed by atoms with Gasteiger partial charge in [-0.1, -0.05) is 26.0 Å². The number of aliphatic hydroxyl groups is 1. The first-order valence-electron chi connectivity index (χ1n) is 10.4. The normalized spacial score (nSPS) is 23.8. The summed E-state index contributed by atoms with van der Waals surface area (Å²) >= 11 is 0. The van der Waals surface area contributed by atoms with Crippen LogP contribution in [0.3, 0.4) is 0 Å². The van der Waals surface area contributed by atoms with Crippen LogP contribution in [-0.2, 0) is 5.41 Å². The lowest BCUT2D eigenvalue weighted by Crippen LogP contribution is -2.58. The summed E-state index contributed by atoms with van der Waals surface area (Å²) < 4.78 is 54.3. The molecule has 2 N–H and O–H groups in total. The third-order valence-corrected chi connectivity index (χ3v) is 6.41. The molecule has 5 rings (SSSR count). The molecule has 2 aromatic carbocycles. The van der Waals surface area contributed by atoms with E-state index in [2.05, 4.69) is 10.3 Å². The number of alkyl halides is 3. The van der Waals surface area contributed by atoms with Crippen molar-refractivity contribution in [3.8, 4) is 11.5 Å². The van der Waals surface area contributed by atoms with Gasteiger partial charge < -0.3 is 19.9 Å². The van der Waals surface area contributed by atoms with Crippen molar-refractivity contribution in [1.29, 1.82) is 0 Å². The predicted molar refractivity (Wildman–Crippen MR) is 114 cm³/mol. The van der Waals surface area contributed by atoms with Gasteiger partial charge in [0.25, 0.3) is 0 Å². The van der Waals surface area contributed by atoms with Crippen LogP contribution in [-0.4, -0.2) is 28.7 Å². The van der Waals surface area contributed by atoms with E-state index in [1.165, 1.54) is 0 Å². The highest BCUT2D eigenvalue weighted by molar-refractivity contribution is 5.91. The van der Waals surface area contributed by atoms with Gasteiger partial charge in [0.1, 0.15) is 0 Å². The molecule has 2 atom stereocenters. The smallest absolute Gasteiger partial charge is 0.419 e. The highest BCUT2D eigenvalue weighted by Gasteiger charge is 2.64. The molecule has 1 aliphatic carbocycles. The summed E-state index contributed by atoms with van der Waals surface area (Å²) in [5.74, 6) is 0.941. The highest BCUT2D eigenvalue weighted by atomic mass is 19.4. The van der Waals surface area contributed by atoms with Crippen LogP contribution in [0.4, 0.5) is 18.9 Å². The molecule has 0 saturated carbocycles. The number of fused-ring (bicyclic) bond motifs is 4. The van der Waals surface area contributed by atoms with Gasteiger partial charge in [-0.05, 0) is 54.7 Å². The summed E-state index contributed by atoms with van der Waals surface area (Å²) in [5, 5.41) is 14.9. The first-order chi connectivity index (χ1) is 15.0. The maximum absolute atomic E-state index is 14.4. The molecule has 0 amide bonds. The van der Waals surface area contributed by atoms with Crippen LogP contribution < -0.4 is 14.8 Å². The average molecular weight is 444 g/mol. The van der Waals surface area contributed by atoms with Crippen molar-refractivity contribution in [2.24, 2.45) is 0 Å². The molecule has 168 valence electrons. The number of hydrogen-bond acceptors (Lipinski definition) is 5. The first-order valence-corrected chi connectivity index (χ1v) is 10.4. The average Bonchev–Trinajstić information content (AvgIpc) is 3.17. The van der Waals surface area contributed by atoms with Gasteiger partial charge in [-0.25, -0.2) is 0 Å². The summed E-state index contributed by atoms with van der Waals surface area (Å²) in [6.45, 7) is 5.23. The van der Waals surface area contributed by atoms with E-state index in [1.807, 2.05) is 13.0 Å². The third kappa shape index (κ3) is 3.00. The largest absolute Gasteiger partial charge is 0.454 e. The Morgan fingerprint density at radius 2 is 1.88 bits per heavy atom. The summed E-state index contributed by atoms with van der Waals surface area (Å²) in [4.78, 5) is 4.47. The minimum Gasteiger partial charge on any atom is -0.454 e. The zero-order valence-corrected chi connectivity index (χ0v) is 17.9. The fraction of sp³-hybridized carbons (Fsp3) is 0.375. The molecule has 0 fully saturated rings. The van der Waals surface area contributed by atoms with E-state index in [0.29, 0.717) is 39.2 Å². The lowest BCUT2D eigenvalue weighted by atomic mass is 9.63. The van der Waals surface area contributed by atoms with Gasteiger partial charge in [0.15, 0.2) is 17.1 Å². The second kappa shape index (κ2) is 6.75. The van der Waals surface area contributed by atoms with Gasteiger partial charge in [0.05, 0.1) is 11.6 Å². The Kier molecular flexibility index (Phi) is 4.40.